The standard InChI is InChI=1S/C24H23Cl2N5O2/c1-13-7-15(9-28-24(13)29-16-5-6-32-12-16)23-18-8-17(3-4-21(18)30-31-23)33-14(2)22-19(25)10-27-11-20(22)26/h3-4,7-11,14,16H,5-6,12H2,1-2H3,(H,28,29)(H,30,31)/t14-,16+/m1/s1. The zero-order chi connectivity index (χ0) is 22.9. The Hall–Kier alpha value is -2.87. The third-order valence-corrected chi connectivity index (χ3v) is 6.37. The van der Waals surface area contributed by atoms with E-state index in [1.54, 1.807) is 12.4 Å². The number of hydrogen-bond acceptors (Lipinski definition) is 6. The van der Waals surface area contributed by atoms with E-state index in [0.29, 0.717) is 34.0 Å². The Bertz CT molecular complexity index is 1280. The van der Waals surface area contributed by atoms with Gasteiger partial charge in [-0.3, -0.25) is 10.1 Å². The van der Waals surface area contributed by atoms with Crippen molar-refractivity contribution in [2.45, 2.75) is 32.4 Å². The molecule has 1 aliphatic heterocycles. The fourth-order valence-corrected chi connectivity index (χ4v) is 4.73. The molecule has 2 atom stereocenters. The second kappa shape index (κ2) is 9.17. The van der Waals surface area contributed by atoms with E-state index in [4.69, 9.17) is 32.7 Å². The van der Waals surface area contributed by atoms with E-state index >= 15 is 0 Å². The van der Waals surface area contributed by atoms with Crippen LogP contribution in [-0.4, -0.2) is 39.4 Å². The van der Waals surface area contributed by atoms with E-state index in [0.717, 1.165) is 46.6 Å². The van der Waals surface area contributed by atoms with E-state index in [2.05, 4.69) is 31.5 Å². The molecule has 0 unspecified atom stereocenters. The van der Waals surface area contributed by atoms with E-state index in [-0.39, 0.29) is 6.10 Å². The first-order chi connectivity index (χ1) is 16.0. The van der Waals surface area contributed by atoms with Crippen LogP contribution in [-0.2, 0) is 4.74 Å². The molecule has 0 saturated carbocycles. The molecule has 0 radical (unpaired) electrons. The number of pyridine rings is 2. The molecule has 0 bridgehead atoms. The predicted octanol–water partition coefficient (Wildman–Crippen LogP) is 5.98. The Morgan fingerprint density at radius 2 is 2.00 bits per heavy atom. The van der Waals surface area contributed by atoms with Crippen molar-refractivity contribution < 1.29 is 9.47 Å². The fourth-order valence-electron chi connectivity index (χ4n) is 4.06. The first-order valence-electron chi connectivity index (χ1n) is 10.7. The van der Waals surface area contributed by atoms with Crippen LogP contribution in [0, 0.1) is 6.92 Å². The van der Waals surface area contributed by atoms with E-state index in [9.17, 15) is 0 Å². The molecule has 3 aromatic heterocycles. The lowest BCUT2D eigenvalue weighted by Gasteiger charge is -2.17. The minimum atomic E-state index is -0.352. The van der Waals surface area contributed by atoms with Crippen LogP contribution in [0.5, 0.6) is 5.75 Å². The van der Waals surface area contributed by atoms with Gasteiger partial charge in [-0.15, -0.1) is 0 Å². The molecule has 1 saturated heterocycles. The largest absolute Gasteiger partial charge is 0.486 e. The lowest BCUT2D eigenvalue weighted by atomic mass is 10.1. The molecule has 5 rings (SSSR count). The minimum Gasteiger partial charge on any atom is -0.486 e. The summed E-state index contributed by atoms with van der Waals surface area (Å²) in [6, 6.07) is 8.19. The van der Waals surface area contributed by atoms with Gasteiger partial charge in [-0.05, 0) is 50.1 Å². The fraction of sp³-hybridized carbons (Fsp3) is 0.292. The molecule has 0 spiro atoms. The average molecular weight is 484 g/mol. The first kappa shape index (κ1) is 21.9. The van der Waals surface area contributed by atoms with Gasteiger partial charge in [0.05, 0.1) is 28.2 Å². The van der Waals surface area contributed by atoms with Crippen molar-refractivity contribution >= 4 is 39.9 Å². The smallest absolute Gasteiger partial charge is 0.129 e. The summed E-state index contributed by atoms with van der Waals surface area (Å²) in [5.41, 5.74) is 4.41. The SMILES string of the molecule is Cc1cc(-c2n[nH]c3ccc(O[C@H](C)c4c(Cl)cncc4Cl)cc23)cnc1N[C@H]1CCOC1. The van der Waals surface area contributed by atoms with Gasteiger partial charge in [-0.25, -0.2) is 4.98 Å². The van der Waals surface area contributed by atoms with Crippen molar-refractivity contribution in [1.82, 2.24) is 20.2 Å². The molecule has 1 fully saturated rings. The second-order valence-corrected chi connectivity index (χ2v) is 8.97. The molecule has 170 valence electrons. The molecule has 4 heterocycles. The van der Waals surface area contributed by atoms with Gasteiger partial charge >= 0.3 is 0 Å². The van der Waals surface area contributed by atoms with Gasteiger partial charge in [0.2, 0.25) is 0 Å². The highest BCUT2D eigenvalue weighted by atomic mass is 35.5. The lowest BCUT2D eigenvalue weighted by molar-refractivity contribution is 0.195. The van der Waals surface area contributed by atoms with Gasteiger partial charge in [0, 0.05) is 41.7 Å². The monoisotopic (exact) mass is 483 g/mol. The lowest BCUT2D eigenvalue weighted by Crippen LogP contribution is -2.20. The van der Waals surface area contributed by atoms with Gasteiger partial charge in [-0.1, -0.05) is 23.2 Å². The maximum atomic E-state index is 6.29. The van der Waals surface area contributed by atoms with Crippen molar-refractivity contribution in [1.29, 1.82) is 0 Å². The Balaban J connectivity index is 1.42. The summed E-state index contributed by atoms with van der Waals surface area (Å²) in [6.45, 7) is 5.45. The highest BCUT2D eigenvalue weighted by Gasteiger charge is 2.19. The van der Waals surface area contributed by atoms with Crippen LogP contribution in [0.25, 0.3) is 22.2 Å². The Labute approximate surface area is 201 Å². The molecule has 2 N–H and O–H groups in total. The number of H-pyrrole nitrogens is 1. The van der Waals surface area contributed by atoms with Gasteiger partial charge in [0.15, 0.2) is 0 Å². The molecule has 4 aromatic rings. The predicted molar refractivity (Wildman–Crippen MR) is 130 cm³/mol. The number of rotatable bonds is 6. The summed E-state index contributed by atoms with van der Waals surface area (Å²) < 4.78 is 11.6. The van der Waals surface area contributed by atoms with E-state index < -0.39 is 0 Å². The summed E-state index contributed by atoms with van der Waals surface area (Å²) >= 11 is 12.6. The van der Waals surface area contributed by atoms with Crippen LogP contribution < -0.4 is 10.1 Å². The third kappa shape index (κ3) is 4.49. The van der Waals surface area contributed by atoms with E-state index in [1.807, 2.05) is 38.2 Å². The van der Waals surface area contributed by atoms with Crippen LogP contribution in [0.15, 0.2) is 42.9 Å². The Kier molecular flexibility index (Phi) is 6.10. The molecule has 1 aliphatic rings. The molecule has 1 aromatic carbocycles. The van der Waals surface area contributed by atoms with Crippen LogP contribution in [0.4, 0.5) is 5.82 Å². The number of aryl methyl sites for hydroxylation is 1. The summed E-state index contributed by atoms with van der Waals surface area (Å²) in [5, 5.41) is 13.0. The van der Waals surface area contributed by atoms with Gasteiger partial charge in [-0.2, -0.15) is 5.10 Å². The quantitative estimate of drug-likeness (QED) is 0.351. The summed E-state index contributed by atoms with van der Waals surface area (Å²) in [5.74, 6) is 1.56. The number of anilines is 1. The zero-order valence-corrected chi connectivity index (χ0v) is 19.7. The summed E-state index contributed by atoms with van der Waals surface area (Å²) in [7, 11) is 0. The van der Waals surface area contributed by atoms with Gasteiger partial charge in [0.25, 0.3) is 0 Å². The minimum absolute atomic E-state index is 0.303. The van der Waals surface area contributed by atoms with Crippen molar-refractivity contribution in [3.63, 3.8) is 0 Å². The van der Waals surface area contributed by atoms with Crippen LogP contribution in [0.1, 0.15) is 30.6 Å². The second-order valence-electron chi connectivity index (χ2n) is 8.15. The highest BCUT2D eigenvalue weighted by Crippen LogP contribution is 2.35. The van der Waals surface area contributed by atoms with Crippen molar-refractivity contribution in [3.05, 3.63) is 64.0 Å². The number of ether oxygens (including phenoxy) is 2. The average Bonchev–Trinajstić information content (AvgIpc) is 3.45. The van der Waals surface area contributed by atoms with Crippen molar-refractivity contribution in [2.75, 3.05) is 18.5 Å². The number of nitrogens with one attached hydrogen (secondary N) is 2. The number of benzene rings is 1. The number of nitrogens with zero attached hydrogens (tertiary/aromatic N) is 3. The van der Waals surface area contributed by atoms with Gasteiger partial charge < -0.3 is 14.8 Å². The normalized spacial score (nSPS) is 16.8. The summed E-state index contributed by atoms with van der Waals surface area (Å²) in [6.07, 6.45) is 5.60. The number of fused-ring (bicyclic) bond motifs is 1. The molecular formula is C24H23Cl2N5O2. The molecule has 0 amide bonds. The molecular weight excluding hydrogens is 461 g/mol. The third-order valence-electron chi connectivity index (χ3n) is 5.77. The van der Waals surface area contributed by atoms with Crippen LogP contribution >= 0.6 is 23.2 Å². The van der Waals surface area contributed by atoms with Crippen LogP contribution in [0.3, 0.4) is 0 Å². The van der Waals surface area contributed by atoms with E-state index in [1.165, 1.54) is 0 Å². The molecule has 9 heteroatoms. The molecule has 7 nitrogen and oxygen atoms in total. The Morgan fingerprint density at radius 3 is 2.73 bits per heavy atom. The topological polar surface area (TPSA) is 85.0 Å². The Morgan fingerprint density at radius 1 is 1.18 bits per heavy atom. The van der Waals surface area contributed by atoms with Gasteiger partial charge in [0.1, 0.15) is 23.4 Å². The molecule has 0 aliphatic carbocycles. The maximum absolute atomic E-state index is 6.29. The zero-order valence-electron chi connectivity index (χ0n) is 18.2. The molecule has 33 heavy (non-hydrogen) atoms. The number of halogens is 2. The summed E-state index contributed by atoms with van der Waals surface area (Å²) in [4.78, 5) is 8.65. The van der Waals surface area contributed by atoms with Crippen molar-refractivity contribution in [2.24, 2.45) is 0 Å². The number of aromatic amines is 1. The highest BCUT2D eigenvalue weighted by molar-refractivity contribution is 6.35. The number of aromatic nitrogens is 4. The first-order valence-corrected chi connectivity index (χ1v) is 11.5. The number of hydrogen-bond donors (Lipinski definition) is 2. The van der Waals surface area contributed by atoms with Crippen LogP contribution in [0.2, 0.25) is 10.0 Å². The van der Waals surface area contributed by atoms with Crippen molar-refractivity contribution in [3.8, 4) is 17.0 Å². The maximum Gasteiger partial charge on any atom is 0.129 e.